The first kappa shape index (κ1) is 10.7. The number of anilines is 1. The summed E-state index contributed by atoms with van der Waals surface area (Å²) in [6.07, 6.45) is 0. The van der Waals surface area contributed by atoms with Crippen LogP contribution in [0.4, 0.5) is 5.82 Å². The molecular formula is C8H11BrN2OS. The van der Waals surface area contributed by atoms with Crippen molar-refractivity contribution < 1.29 is 4.79 Å². The van der Waals surface area contributed by atoms with E-state index in [0.29, 0.717) is 5.82 Å². The number of amides is 1. The van der Waals surface area contributed by atoms with E-state index in [4.69, 9.17) is 0 Å². The number of rotatable bonds is 1. The molecule has 13 heavy (non-hydrogen) atoms. The summed E-state index contributed by atoms with van der Waals surface area (Å²) in [5.74, 6) is 0.585. The molecule has 0 spiro atoms. The second kappa shape index (κ2) is 3.75. The lowest BCUT2D eigenvalue weighted by molar-refractivity contribution is -0.123. The molecule has 1 amide bonds. The fraction of sp³-hybridized carbons (Fsp3) is 0.500. The number of hydrogen-bond donors (Lipinski definition) is 1. The van der Waals surface area contributed by atoms with Gasteiger partial charge in [0, 0.05) is 10.8 Å². The zero-order valence-electron chi connectivity index (χ0n) is 7.72. The quantitative estimate of drug-likeness (QED) is 0.846. The molecule has 72 valence electrons. The van der Waals surface area contributed by atoms with Crippen molar-refractivity contribution in [3.8, 4) is 0 Å². The summed E-state index contributed by atoms with van der Waals surface area (Å²) in [7, 11) is 0. The molecule has 0 aliphatic carbocycles. The molecule has 0 unspecified atom stereocenters. The van der Waals surface area contributed by atoms with E-state index in [1.165, 1.54) is 11.3 Å². The lowest BCUT2D eigenvalue weighted by Crippen LogP contribution is -2.27. The monoisotopic (exact) mass is 262 g/mol. The second-order valence-electron chi connectivity index (χ2n) is 3.69. The zero-order chi connectivity index (χ0) is 10.1. The number of carbonyl (C=O) groups is 1. The highest BCUT2D eigenvalue weighted by atomic mass is 79.9. The maximum absolute atomic E-state index is 11.5. The van der Waals surface area contributed by atoms with Crippen molar-refractivity contribution in [1.82, 2.24) is 4.98 Å². The van der Waals surface area contributed by atoms with Crippen LogP contribution in [0.5, 0.6) is 0 Å². The lowest BCUT2D eigenvalue weighted by Gasteiger charge is -2.16. The Kier molecular flexibility index (Phi) is 3.08. The Labute approximate surface area is 89.7 Å². The van der Waals surface area contributed by atoms with Gasteiger partial charge in [0.1, 0.15) is 5.82 Å². The number of nitrogens with one attached hydrogen (secondary N) is 1. The van der Waals surface area contributed by atoms with Crippen molar-refractivity contribution >= 4 is 39.0 Å². The summed E-state index contributed by atoms with van der Waals surface area (Å²) < 4.78 is 0.775. The first-order chi connectivity index (χ1) is 5.89. The van der Waals surface area contributed by atoms with Gasteiger partial charge in [-0.2, -0.15) is 0 Å². The third kappa shape index (κ3) is 3.08. The Morgan fingerprint density at radius 2 is 2.23 bits per heavy atom. The summed E-state index contributed by atoms with van der Waals surface area (Å²) in [5.41, 5.74) is -0.379. The van der Waals surface area contributed by atoms with Gasteiger partial charge in [0.15, 0.2) is 3.92 Å². The molecule has 0 aliphatic rings. The molecule has 5 heteroatoms. The normalized spacial score (nSPS) is 11.4. The molecule has 0 aliphatic heterocycles. The minimum absolute atomic E-state index is 0.0229. The van der Waals surface area contributed by atoms with E-state index in [1.807, 2.05) is 20.8 Å². The van der Waals surface area contributed by atoms with Crippen LogP contribution in [0.1, 0.15) is 20.8 Å². The van der Waals surface area contributed by atoms with E-state index in [9.17, 15) is 4.79 Å². The van der Waals surface area contributed by atoms with E-state index < -0.39 is 0 Å². The predicted molar refractivity (Wildman–Crippen MR) is 57.9 cm³/mol. The number of aromatic nitrogens is 1. The molecule has 0 saturated carbocycles. The highest BCUT2D eigenvalue weighted by molar-refractivity contribution is 9.11. The van der Waals surface area contributed by atoms with Gasteiger partial charge < -0.3 is 5.32 Å². The maximum Gasteiger partial charge on any atom is 0.230 e. The number of hydrogen-bond acceptors (Lipinski definition) is 3. The average Bonchev–Trinajstić information content (AvgIpc) is 2.33. The first-order valence-electron chi connectivity index (χ1n) is 3.82. The van der Waals surface area contributed by atoms with Crippen LogP contribution in [0.2, 0.25) is 0 Å². The van der Waals surface area contributed by atoms with Crippen molar-refractivity contribution in [3.63, 3.8) is 0 Å². The third-order valence-corrected chi connectivity index (χ3v) is 2.76. The molecule has 1 aromatic heterocycles. The fourth-order valence-corrected chi connectivity index (χ4v) is 1.56. The third-order valence-electron chi connectivity index (χ3n) is 1.40. The van der Waals surface area contributed by atoms with Crippen molar-refractivity contribution in [2.45, 2.75) is 20.8 Å². The molecule has 3 nitrogen and oxygen atoms in total. The molecule has 0 fully saturated rings. The Morgan fingerprint density at radius 1 is 1.62 bits per heavy atom. The molecule has 1 rings (SSSR count). The fourth-order valence-electron chi connectivity index (χ4n) is 0.613. The SMILES string of the molecule is CC(C)(C)C(=O)Nc1csc(Br)n1. The van der Waals surface area contributed by atoms with Gasteiger partial charge in [-0.3, -0.25) is 4.79 Å². The Balaban J connectivity index is 2.65. The van der Waals surface area contributed by atoms with Gasteiger partial charge in [0.05, 0.1) is 0 Å². The Bertz CT molecular complexity index is 316. The summed E-state index contributed by atoms with van der Waals surface area (Å²) in [6.45, 7) is 5.59. The second-order valence-corrected chi connectivity index (χ2v) is 5.82. The largest absolute Gasteiger partial charge is 0.310 e. The van der Waals surface area contributed by atoms with E-state index >= 15 is 0 Å². The molecule has 0 saturated heterocycles. The Hall–Kier alpha value is -0.420. The van der Waals surface area contributed by atoms with Crippen LogP contribution < -0.4 is 5.32 Å². The highest BCUT2D eigenvalue weighted by Gasteiger charge is 2.21. The highest BCUT2D eigenvalue weighted by Crippen LogP contribution is 2.21. The zero-order valence-corrected chi connectivity index (χ0v) is 10.1. The lowest BCUT2D eigenvalue weighted by atomic mass is 9.96. The summed E-state index contributed by atoms with van der Waals surface area (Å²) in [5, 5.41) is 4.53. The van der Waals surface area contributed by atoms with E-state index in [2.05, 4.69) is 26.2 Å². The minimum atomic E-state index is -0.379. The maximum atomic E-state index is 11.5. The number of carbonyl (C=O) groups excluding carboxylic acids is 1. The number of halogens is 1. The van der Waals surface area contributed by atoms with E-state index in [1.54, 1.807) is 5.38 Å². The van der Waals surface area contributed by atoms with Gasteiger partial charge in [-0.25, -0.2) is 4.98 Å². The minimum Gasteiger partial charge on any atom is -0.310 e. The number of nitrogens with zero attached hydrogens (tertiary/aromatic N) is 1. The van der Waals surface area contributed by atoms with Crippen LogP contribution in [0.25, 0.3) is 0 Å². The van der Waals surface area contributed by atoms with Crippen LogP contribution in [-0.4, -0.2) is 10.9 Å². The van der Waals surface area contributed by atoms with Crippen molar-refractivity contribution in [1.29, 1.82) is 0 Å². The Morgan fingerprint density at radius 3 is 2.62 bits per heavy atom. The van der Waals surface area contributed by atoms with Crippen molar-refractivity contribution in [2.24, 2.45) is 5.41 Å². The average molecular weight is 263 g/mol. The predicted octanol–water partition coefficient (Wildman–Crippen LogP) is 2.89. The van der Waals surface area contributed by atoms with Gasteiger partial charge in [0.2, 0.25) is 5.91 Å². The summed E-state index contributed by atoms with van der Waals surface area (Å²) in [4.78, 5) is 15.5. The van der Waals surface area contributed by atoms with Crippen molar-refractivity contribution in [2.75, 3.05) is 5.32 Å². The van der Waals surface area contributed by atoms with Gasteiger partial charge in [0.25, 0.3) is 0 Å². The molecule has 0 radical (unpaired) electrons. The molecule has 1 N–H and O–H groups in total. The first-order valence-corrected chi connectivity index (χ1v) is 5.49. The topological polar surface area (TPSA) is 42.0 Å². The molecule has 1 heterocycles. The van der Waals surface area contributed by atoms with Crippen LogP contribution >= 0.6 is 27.3 Å². The number of thiazole rings is 1. The van der Waals surface area contributed by atoms with Gasteiger partial charge >= 0.3 is 0 Å². The molecule has 0 bridgehead atoms. The van der Waals surface area contributed by atoms with Gasteiger partial charge in [-0.05, 0) is 15.9 Å². The standard InChI is InChI=1S/C8H11BrN2OS/c1-8(2,3)6(12)10-5-4-13-7(9)11-5/h4H,1-3H3,(H,10,12). The molecular weight excluding hydrogens is 252 g/mol. The van der Waals surface area contributed by atoms with Crippen LogP contribution in [-0.2, 0) is 4.79 Å². The van der Waals surface area contributed by atoms with Gasteiger partial charge in [-0.1, -0.05) is 20.8 Å². The van der Waals surface area contributed by atoms with Gasteiger partial charge in [-0.15, -0.1) is 11.3 Å². The summed E-state index contributed by atoms with van der Waals surface area (Å²) in [6, 6.07) is 0. The molecule has 0 atom stereocenters. The van der Waals surface area contributed by atoms with E-state index in [0.717, 1.165) is 3.92 Å². The van der Waals surface area contributed by atoms with Crippen LogP contribution in [0.3, 0.4) is 0 Å². The summed E-state index contributed by atoms with van der Waals surface area (Å²) >= 11 is 4.68. The van der Waals surface area contributed by atoms with E-state index in [-0.39, 0.29) is 11.3 Å². The molecule has 1 aromatic rings. The van der Waals surface area contributed by atoms with Crippen LogP contribution in [0.15, 0.2) is 9.30 Å². The smallest absolute Gasteiger partial charge is 0.230 e. The van der Waals surface area contributed by atoms with Crippen LogP contribution in [0, 0.1) is 5.41 Å². The van der Waals surface area contributed by atoms with Crippen molar-refractivity contribution in [3.05, 3.63) is 9.30 Å². The molecule has 0 aromatic carbocycles.